The number of morpholine rings is 1. The summed E-state index contributed by atoms with van der Waals surface area (Å²) in [4.78, 5) is 19.1. The highest BCUT2D eigenvalue weighted by Crippen LogP contribution is 2.27. The van der Waals surface area contributed by atoms with Gasteiger partial charge in [0.15, 0.2) is 0 Å². The molecule has 1 N–H and O–H groups in total. The van der Waals surface area contributed by atoms with Crippen molar-refractivity contribution in [3.8, 4) is 0 Å². The number of nitrogens with one attached hydrogen (secondary N) is 1. The van der Waals surface area contributed by atoms with E-state index in [9.17, 15) is 4.79 Å². The van der Waals surface area contributed by atoms with Crippen LogP contribution in [-0.2, 0) is 11.8 Å². The van der Waals surface area contributed by atoms with Gasteiger partial charge in [-0.25, -0.2) is 4.98 Å². The minimum absolute atomic E-state index is 0.0297. The maximum Gasteiger partial charge on any atom is 0.255 e. The van der Waals surface area contributed by atoms with Crippen molar-refractivity contribution >= 4 is 11.4 Å². The van der Waals surface area contributed by atoms with Crippen LogP contribution in [0.3, 0.4) is 0 Å². The number of hydrogen-bond acceptors (Lipinski definition) is 6. The first-order valence-electron chi connectivity index (χ1n) is 8.50. The molecular formula is C17H21N7O2. The fourth-order valence-electron chi connectivity index (χ4n) is 3.40. The van der Waals surface area contributed by atoms with Crippen LogP contribution in [0.15, 0.2) is 37.1 Å². The summed E-state index contributed by atoms with van der Waals surface area (Å²) in [6, 6.07) is 3.63. The van der Waals surface area contributed by atoms with Gasteiger partial charge in [-0.2, -0.15) is 14.8 Å². The molecule has 1 amide bonds. The minimum Gasteiger partial charge on any atom is -0.373 e. The Kier molecular flexibility index (Phi) is 4.39. The summed E-state index contributed by atoms with van der Waals surface area (Å²) in [6.45, 7) is 1.86. The van der Waals surface area contributed by atoms with Gasteiger partial charge in [-0.1, -0.05) is 0 Å². The molecule has 0 saturated carbocycles. The molecule has 1 aliphatic rings. The molecule has 9 heteroatoms. The Bertz CT molecular complexity index is 919. The maximum atomic E-state index is 12.6. The average Bonchev–Trinajstić information content (AvgIpc) is 3.26. The van der Waals surface area contributed by atoms with E-state index in [1.54, 1.807) is 18.6 Å². The number of hydrogen-bond donors (Lipinski definition) is 1. The number of carbonyl (C=O) groups is 1. The van der Waals surface area contributed by atoms with Gasteiger partial charge in [-0.05, 0) is 19.2 Å². The Morgan fingerprint density at radius 2 is 2.23 bits per heavy atom. The lowest BCUT2D eigenvalue weighted by molar-refractivity contribution is -0.0626. The molecule has 0 aliphatic carbocycles. The molecule has 4 rings (SSSR count). The normalized spacial score (nSPS) is 21.2. The summed E-state index contributed by atoms with van der Waals surface area (Å²) in [5, 5.41) is 11.2. The third-order valence-corrected chi connectivity index (χ3v) is 4.77. The molecule has 2 atom stereocenters. The van der Waals surface area contributed by atoms with Crippen molar-refractivity contribution in [3.63, 3.8) is 0 Å². The second-order valence-electron chi connectivity index (χ2n) is 6.43. The van der Waals surface area contributed by atoms with Crippen LogP contribution >= 0.6 is 0 Å². The second kappa shape index (κ2) is 6.85. The summed E-state index contributed by atoms with van der Waals surface area (Å²) in [7, 11) is 4.03. The molecule has 1 aliphatic heterocycles. The first kappa shape index (κ1) is 16.7. The monoisotopic (exact) mass is 355 g/mol. The van der Waals surface area contributed by atoms with Gasteiger partial charge in [0.05, 0.1) is 42.5 Å². The van der Waals surface area contributed by atoms with Crippen LogP contribution in [-0.4, -0.2) is 68.0 Å². The van der Waals surface area contributed by atoms with E-state index < -0.39 is 0 Å². The Morgan fingerprint density at radius 3 is 3.04 bits per heavy atom. The van der Waals surface area contributed by atoms with Crippen LogP contribution in [0.25, 0.3) is 5.52 Å². The van der Waals surface area contributed by atoms with Crippen molar-refractivity contribution in [2.45, 2.75) is 12.1 Å². The smallest absolute Gasteiger partial charge is 0.255 e. The highest BCUT2D eigenvalue weighted by molar-refractivity contribution is 6.00. The van der Waals surface area contributed by atoms with Crippen molar-refractivity contribution in [1.82, 2.24) is 34.6 Å². The van der Waals surface area contributed by atoms with Gasteiger partial charge in [0, 0.05) is 32.5 Å². The lowest BCUT2D eigenvalue weighted by Gasteiger charge is -2.39. The fraction of sp³-hybridized carbons (Fsp3) is 0.412. The van der Waals surface area contributed by atoms with Gasteiger partial charge < -0.3 is 14.6 Å². The zero-order chi connectivity index (χ0) is 18.1. The molecule has 4 heterocycles. The van der Waals surface area contributed by atoms with Crippen LogP contribution in [0.4, 0.5) is 0 Å². The van der Waals surface area contributed by atoms with Crippen LogP contribution in [0.5, 0.6) is 0 Å². The van der Waals surface area contributed by atoms with E-state index in [-0.39, 0.29) is 18.1 Å². The molecule has 0 radical (unpaired) electrons. The SMILES string of the molecule is CN1CCO[C@@H](CNC(=O)c2cnn3ncccc23)[C@@H]1c1cncn1C. The zero-order valence-corrected chi connectivity index (χ0v) is 14.7. The Morgan fingerprint density at radius 1 is 1.35 bits per heavy atom. The van der Waals surface area contributed by atoms with E-state index >= 15 is 0 Å². The van der Waals surface area contributed by atoms with Gasteiger partial charge >= 0.3 is 0 Å². The molecule has 1 saturated heterocycles. The van der Waals surface area contributed by atoms with Gasteiger partial charge in [0.2, 0.25) is 0 Å². The predicted octanol–water partition coefficient (Wildman–Crippen LogP) is 0.265. The Hall–Kier alpha value is -2.78. The topological polar surface area (TPSA) is 89.6 Å². The molecule has 3 aromatic rings. The fourth-order valence-corrected chi connectivity index (χ4v) is 3.40. The average molecular weight is 355 g/mol. The molecule has 1 fully saturated rings. The summed E-state index contributed by atoms with van der Waals surface area (Å²) in [5.41, 5.74) is 2.24. The van der Waals surface area contributed by atoms with Crippen molar-refractivity contribution < 1.29 is 9.53 Å². The van der Waals surface area contributed by atoms with Gasteiger partial charge in [-0.15, -0.1) is 0 Å². The Balaban J connectivity index is 1.50. The van der Waals surface area contributed by atoms with E-state index in [0.717, 1.165) is 12.2 Å². The highest BCUT2D eigenvalue weighted by atomic mass is 16.5. The van der Waals surface area contributed by atoms with E-state index in [0.29, 0.717) is 24.2 Å². The lowest BCUT2D eigenvalue weighted by atomic mass is 10.0. The third-order valence-electron chi connectivity index (χ3n) is 4.77. The number of carbonyl (C=O) groups excluding carboxylic acids is 1. The molecule has 0 aromatic carbocycles. The molecular weight excluding hydrogens is 334 g/mol. The first-order chi connectivity index (χ1) is 12.6. The minimum atomic E-state index is -0.186. The van der Waals surface area contributed by atoms with E-state index in [2.05, 4.69) is 32.4 Å². The zero-order valence-electron chi connectivity index (χ0n) is 14.7. The molecule has 0 unspecified atom stereocenters. The maximum absolute atomic E-state index is 12.6. The molecule has 0 bridgehead atoms. The largest absolute Gasteiger partial charge is 0.373 e. The van der Waals surface area contributed by atoms with Crippen molar-refractivity contribution in [2.75, 3.05) is 26.7 Å². The predicted molar refractivity (Wildman–Crippen MR) is 93.6 cm³/mol. The second-order valence-corrected chi connectivity index (χ2v) is 6.43. The van der Waals surface area contributed by atoms with Crippen molar-refractivity contribution in [3.05, 3.63) is 48.3 Å². The van der Waals surface area contributed by atoms with Gasteiger partial charge in [0.1, 0.15) is 5.52 Å². The summed E-state index contributed by atoms with van der Waals surface area (Å²) in [5.74, 6) is -0.186. The standard InChI is InChI=1S/C17H21N7O2/c1-22-6-7-26-15(16(22)14-9-18-11-23(14)2)10-19-17(25)12-8-21-24-13(12)4-3-5-20-24/h3-5,8-9,11,15-16H,6-7,10H2,1-2H3,(H,19,25)/t15-,16-/m0/s1. The summed E-state index contributed by atoms with van der Waals surface area (Å²) < 4.78 is 9.39. The molecule has 0 spiro atoms. The van der Waals surface area contributed by atoms with Crippen molar-refractivity contribution in [2.24, 2.45) is 7.05 Å². The van der Waals surface area contributed by atoms with E-state index in [1.165, 1.54) is 10.8 Å². The van der Waals surface area contributed by atoms with E-state index in [1.807, 2.05) is 23.9 Å². The van der Waals surface area contributed by atoms with Crippen LogP contribution in [0.1, 0.15) is 22.1 Å². The summed E-state index contributed by atoms with van der Waals surface area (Å²) in [6.07, 6.45) is 6.63. The Labute approximate surface area is 150 Å². The molecule has 136 valence electrons. The van der Waals surface area contributed by atoms with E-state index in [4.69, 9.17) is 4.74 Å². The summed E-state index contributed by atoms with van der Waals surface area (Å²) >= 11 is 0. The van der Waals surface area contributed by atoms with Crippen LogP contribution in [0.2, 0.25) is 0 Å². The highest BCUT2D eigenvalue weighted by Gasteiger charge is 2.33. The van der Waals surface area contributed by atoms with Gasteiger partial charge in [0.25, 0.3) is 5.91 Å². The quantitative estimate of drug-likeness (QED) is 0.722. The van der Waals surface area contributed by atoms with Crippen LogP contribution < -0.4 is 5.32 Å². The lowest BCUT2D eigenvalue weighted by Crippen LogP contribution is -2.48. The number of fused-ring (bicyclic) bond motifs is 1. The van der Waals surface area contributed by atoms with Crippen molar-refractivity contribution in [1.29, 1.82) is 0 Å². The number of likely N-dealkylation sites (N-methyl/N-ethyl adjacent to an activating group) is 1. The number of imidazole rings is 1. The number of rotatable bonds is 4. The number of aryl methyl sites for hydroxylation is 1. The number of ether oxygens (including phenoxy) is 1. The number of amides is 1. The van der Waals surface area contributed by atoms with Crippen LogP contribution in [0, 0.1) is 0 Å². The number of nitrogens with zero attached hydrogens (tertiary/aromatic N) is 6. The first-order valence-corrected chi connectivity index (χ1v) is 8.50. The molecule has 9 nitrogen and oxygen atoms in total. The molecule has 3 aromatic heterocycles. The third kappa shape index (κ3) is 2.95. The number of aromatic nitrogens is 5. The van der Waals surface area contributed by atoms with Gasteiger partial charge in [-0.3, -0.25) is 9.69 Å². The molecule has 26 heavy (non-hydrogen) atoms.